The number of methoxy groups -OCH3 is 1. The second kappa shape index (κ2) is 13.1. The Morgan fingerprint density at radius 1 is 1.24 bits per heavy atom. The number of aliphatic imine (C=N–C) groups is 1. The molecule has 0 saturated carbocycles. The zero-order valence-electron chi connectivity index (χ0n) is 13.2. The number of ether oxygens (including phenoxy) is 1. The van der Waals surface area contributed by atoms with Crippen molar-refractivity contribution in [3.05, 3.63) is 0 Å². The smallest absolute Gasteiger partial charge is 0.307 e. The maximum Gasteiger partial charge on any atom is 0.307 e. The van der Waals surface area contributed by atoms with E-state index in [1.54, 1.807) is 0 Å². The van der Waals surface area contributed by atoms with Gasteiger partial charge in [0.2, 0.25) is 0 Å². The Morgan fingerprint density at radius 2 is 1.95 bits per heavy atom. The molecule has 0 bridgehead atoms. The van der Waals surface area contributed by atoms with Gasteiger partial charge in [-0.15, -0.1) is 24.0 Å². The van der Waals surface area contributed by atoms with Crippen LogP contribution < -0.4 is 10.6 Å². The van der Waals surface area contributed by atoms with E-state index in [9.17, 15) is 4.79 Å². The van der Waals surface area contributed by atoms with Gasteiger partial charge < -0.3 is 20.3 Å². The zero-order chi connectivity index (χ0) is 14.6. The summed E-state index contributed by atoms with van der Waals surface area (Å²) in [5.41, 5.74) is 0. The number of esters is 1. The molecule has 2 N–H and O–H groups in total. The molecule has 0 aromatic heterocycles. The SMILES string of the molecule is CCNC(=NCCN1CCCCC1)NCCC(=O)OC.I. The maximum atomic E-state index is 11.0. The summed E-state index contributed by atoms with van der Waals surface area (Å²) in [5, 5.41) is 6.32. The molecule has 6 nitrogen and oxygen atoms in total. The molecule has 1 heterocycles. The monoisotopic (exact) mass is 412 g/mol. The number of carbonyl (C=O) groups excluding carboxylic acids is 1. The highest BCUT2D eigenvalue weighted by atomic mass is 127. The molecule has 0 amide bonds. The lowest BCUT2D eigenvalue weighted by Crippen LogP contribution is -2.39. The molecule has 124 valence electrons. The summed E-state index contributed by atoms with van der Waals surface area (Å²) >= 11 is 0. The van der Waals surface area contributed by atoms with Crippen molar-refractivity contribution in [3.63, 3.8) is 0 Å². The van der Waals surface area contributed by atoms with Crippen LogP contribution in [0.25, 0.3) is 0 Å². The van der Waals surface area contributed by atoms with E-state index in [0.29, 0.717) is 13.0 Å². The summed E-state index contributed by atoms with van der Waals surface area (Å²) in [4.78, 5) is 18.0. The highest BCUT2D eigenvalue weighted by molar-refractivity contribution is 14.0. The van der Waals surface area contributed by atoms with Gasteiger partial charge >= 0.3 is 5.97 Å². The fourth-order valence-corrected chi connectivity index (χ4v) is 2.21. The highest BCUT2D eigenvalue weighted by Crippen LogP contribution is 2.07. The van der Waals surface area contributed by atoms with Crippen LogP contribution >= 0.6 is 24.0 Å². The summed E-state index contributed by atoms with van der Waals surface area (Å²) in [7, 11) is 1.40. The molecule has 1 saturated heterocycles. The number of halogens is 1. The van der Waals surface area contributed by atoms with E-state index >= 15 is 0 Å². The van der Waals surface area contributed by atoms with E-state index in [2.05, 4.69) is 25.3 Å². The van der Waals surface area contributed by atoms with Gasteiger partial charge in [-0.05, 0) is 32.9 Å². The predicted octanol–water partition coefficient (Wildman–Crippen LogP) is 1.21. The number of piperidine rings is 1. The number of hydrogen-bond donors (Lipinski definition) is 2. The van der Waals surface area contributed by atoms with Crippen LogP contribution in [0.15, 0.2) is 4.99 Å². The Balaban J connectivity index is 0.00000400. The van der Waals surface area contributed by atoms with Gasteiger partial charge in [-0.3, -0.25) is 9.79 Å². The molecule has 1 aliphatic heterocycles. The predicted molar refractivity (Wildman–Crippen MR) is 96.3 cm³/mol. The minimum atomic E-state index is -0.207. The van der Waals surface area contributed by atoms with Crippen LogP contribution in [0.2, 0.25) is 0 Å². The molecule has 0 atom stereocenters. The van der Waals surface area contributed by atoms with Crippen molar-refractivity contribution in [1.82, 2.24) is 15.5 Å². The molecular formula is C14H29IN4O2. The lowest BCUT2D eigenvalue weighted by atomic mass is 10.1. The van der Waals surface area contributed by atoms with Crippen LogP contribution in [-0.4, -0.2) is 63.2 Å². The van der Waals surface area contributed by atoms with Crippen molar-refractivity contribution in [2.24, 2.45) is 4.99 Å². The van der Waals surface area contributed by atoms with Gasteiger partial charge in [0, 0.05) is 19.6 Å². The molecule has 1 rings (SSSR count). The summed E-state index contributed by atoms with van der Waals surface area (Å²) in [6.45, 7) is 7.57. The van der Waals surface area contributed by atoms with Crippen LogP contribution in [0.4, 0.5) is 0 Å². The van der Waals surface area contributed by atoms with Crippen molar-refractivity contribution in [1.29, 1.82) is 0 Å². The Morgan fingerprint density at radius 3 is 2.57 bits per heavy atom. The van der Waals surface area contributed by atoms with Crippen LogP contribution in [0.3, 0.4) is 0 Å². The van der Waals surface area contributed by atoms with Crippen molar-refractivity contribution in [2.45, 2.75) is 32.6 Å². The molecular weight excluding hydrogens is 383 g/mol. The van der Waals surface area contributed by atoms with E-state index in [1.807, 2.05) is 6.92 Å². The van der Waals surface area contributed by atoms with E-state index < -0.39 is 0 Å². The highest BCUT2D eigenvalue weighted by Gasteiger charge is 2.09. The topological polar surface area (TPSA) is 66.0 Å². The van der Waals surface area contributed by atoms with E-state index in [0.717, 1.165) is 25.6 Å². The molecule has 0 unspecified atom stereocenters. The van der Waals surface area contributed by atoms with Crippen molar-refractivity contribution in [2.75, 3.05) is 46.4 Å². The lowest BCUT2D eigenvalue weighted by Gasteiger charge is -2.25. The summed E-state index contributed by atoms with van der Waals surface area (Å²) < 4.78 is 4.61. The third-order valence-corrected chi connectivity index (χ3v) is 3.33. The fraction of sp³-hybridized carbons (Fsp3) is 0.857. The Hall–Kier alpha value is -0.570. The number of hydrogen-bond acceptors (Lipinski definition) is 4. The molecule has 0 spiro atoms. The van der Waals surface area contributed by atoms with Gasteiger partial charge in [0.05, 0.1) is 20.1 Å². The lowest BCUT2D eigenvalue weighted by molar-refractivity contribution is -0.140. The number of rotatable bonds is 7. The van der Waals surface area contributed by atoms with Crippen LogP contribution in [0.5, 0.6) is 0 Å². The number of guanidine groups is 1. The van der Waals surface area contributed by atoms with Crippen molar-refractivity contribution < 1.29 is 9.53 Å². The third kappa shape index (κ3) is 9.89. The first-order valence-corrected chi connectivity index (χ1v) is 7.57. The van der Waals surface area contributed by atoms with Gasteiger partial charge in [0.15, 0.2) is 5.96 Å². The maximum absolute atomic E-state index is 11.0. The minimum Gasteiger partial charge on any atom is -0.469 e. The summed E-state index contributed by atoms with van der Waals surface area (Å²) in [6.07, 6.45) is 4.33. The Bertz CT molecular complexity index is 307. The van der Waals surface area contributed by atoms with Gasteiger partial charge in [-0.25, -0.2) is 0 Å². The average Bonchev–Trinajstić information content (AvgIpc) is 2.48. The average molecular weight is 412 g/mol. The van der Waals surface area contributed by atoms with Gasteiger partial charge in [-0.2, -0.15) is 0 Å². The van der Waals surface area contributed by atoms with Crippen LogP contribution in [-0.2, 0) is 9.53 Å². The first-order valence-electron chi connectivity index (χ1n) is 7.57. The Kier molecular flexibility index (Phi) is 12.8. The van der Waals surface area contributed by atoms with E-state index in [4.69, 9.17) is 0 Å². The standard InChI is InChI=1S/C14H28N4O2.HI/c1-3-15-14(16-8-7-13(19)20-2)17-9-12-18-10-5-4-6-11-18;/h3-12H2,1-2H3,(H2,15,16,17);1H. The van der Waals surface area contributed by atoms with Crippen molar-refractivity contribution >= 4 is 35.9 Å². The summed E-state index contributed by atoms with van der Waals surface area (Å²) in [5.74, 6) is 0.565. The zero-order valence-corrected chi connectivity index (χ0v) is 15.5. The number of likely N-dealkylation sites (tertiary alicyclic amines) is 1. The number of nitrogens with one attached hydrogen (secondary N) is 2. The summed E-state index contributed by atoms with van der Waals surface area (Å²) in [6, 6.07) is 0. The molecule has 21 heavy (non-hydrogen) atoms. The molecule has 0 aliphatic carbocycles. The molecule has 0 aromatic carbocycles. The fourth-order valence-electron chi connectivity index (χ4n) is 2.21. The molecule has 1 aliphatic rings. The second-order valence-corrected chi connectivity index (χ2v) is 4.92. The third-order valence-electron chi connectivity index (χ3n) is 3.33. The molecule has 7 heteroatoms. The van der Waals surface area contributed by atoms with Gasteiger partial charge in [0.25, 0.3) is 0 Å². The van der Waals surface area contributed by atoms with E-state index in [1.165, 1.54) is 39.5 Å². The van der Waals surface area contributed by atoms with Gasteiger partial charge in [-0.1, -0.05) is 6.42 Å². The number of carbonyl (C=O) groups is 1. The van der Waals surface area contributed by atoms with E-state index in [-0.39, 0.29) is 29.9 Å². The first kappa shape index (κ1) is 20.4. The molecule has 0 radical (unpaired) electrons. The van der Waals surface area contributed by atoms with Crippen LogP contribution in [0, 0.1) is 0 Å². The van der Waals surface area contributed by atoms with Gasteiger partial charge in [0.1, 0.15) is 0 Å². The normalized spacial score (nSPS) is 16.0. The minimum absolute atomic E-state index is 0. The number of nitrogens with zero attached hydrogens (tertiary/aromatic N) is 2. The van der Waals surface area contributed by atoms with Crippen LogP contribution in [0.1, 0.15) is 32.6 Å². The quantitative estimate of drug-likeness (QED) is 0.285. The molecule has 0 aromatic rings. The Labute approximate surface area is 145 Å². The van der Waals surface area contributed by atoms with Crippen molar-refractivity contribution in [3.8, 4) is 0 Å². The second-order valence-electron chi connectivity index (χ2n) is 4.92. The largest absolute Gasteiger partial charge is 0.469 e. The molecule has 1 fully saturated rings. The first-order chi connectivity index (χ1) is 9.76.